The second-order valence-electron chi connectivity index (χ2n) is 6.84. The van der Waals surface area contributed by atoms with Crippen LogP contribution in [0.5, 0.6) is 5.75 Å². The number of anilines is 3. The number of nitrogens with one attached hydrogen (secondary N) is 4. The number of hydrogen-bond acceptors (Lipinski definition) is 4. The molecule has 0 aliphatic carbocycles. The standard InChI is InChI=1S/C23H21N5O3/c1-15(22(29)24-16-8-4-2-5-9-16)31-18-12-13-19-20(14-18)27-28-21(19)26-23(30)25-17-10-6-3-7-11-17/h2-15H,1H3,(H,24,29)(H3,25,26,27,28,30). The van der Waals surface area contributed by atoms with Crippen LogP contribution in [0.1, 0.15) is 6.92 Å². The molecule has 3 aromatic carbocycles. The highest BCUT2D eigenvalue weighted by atomic mass is 16.5. The van der Waals surface area contributed by atoms with Gasteiger partial charge in [0.2, 0.25) is 0 Å². The van der Waals surface area contributed by atoms with Gasteiger partial charge in [0.25, 0.3) is 5.91 Å². The summed E-state index contributed by atoms with van der Waals surface area (Å²) in [7, 11) is 0. The summed E-state index contributed by atoms with van der Waals surface area (Å²) in [6.45, 7) is 1.68. The molecule has 0 saturated heterocycles. The topological polar surface area (TPSA) is 108 Å². The highest BCUT2D eigenvalue weighted by Crippen LogP contribution is 2.25. The highest BCUT2D eigenvalue weighted by Gasteiger charge is 2.16. The Morgan fingerprint density at radius 3 is 2.19 bits per heavy atom. The molecule has 4 N–H and O–H groups in total. The quantitative estimate of drug-likeness (QED) is 0.369. The maximum Gasteiger partial charge on any atom is 0.324 e. The Kier molecular flexibility index (Phi) is 5.79. The van der Waals surface area contributed by atoms with Crippen molar-refractivity contribution in [3.8, 4) is 5.75 Å². The number of carbonyl (C=O) groups is 2. The van der Waals surface area contributed by atoms with Gasteiger partial charge in [0.1, 0.15) is 5.75 Å². The highest BCUT2D eigenvalue weighted by molar-refractivity contribution is 6.04. The molecule has 4 rings (SSSR count). The number of amides is 3. The number of fused-ring (bicyclic) bond motifs is 1. The van der Waals surface area contributed by atoms with Crippen LogP contribution in [0.4, 0.5) is 22.0 Å². The molecule has 0 aliphatic rings. The van der Waals surface area contributed by atoms with Gasteiger partial charge in [-0.1, -0.05) is 36.4 Å². The van der Waals surface area contributed by atoms with E-state index in [-0.39, 0.29) is 5.91 Å². The van der Waals surface area contributed by atoms with Gasteiger partial charge in [-0.25, -0.2) is 4.79 Å². The van der Waals surface area contributed by atoms with E-state index in [0.29, 0.717) is 28.5 Å². The average molecular weight is 415 g/mol. The van der Waals surface area contributed by atoms with E-state index in [0.717, 1.165) is 5.39 Å². The number of aromatic amines is 1. The Labute approximate surface area is 178 Å². The number of nitrogens with zero attached hydrogens (tertiary/aromatic N) is 1. The van der Waals surface area contributed by atoms with E-state index in [1.807, 2.05) is 48.5 Å². The van der Waals surface area contributed by atoms with E-state index in [4.69, 9.17) is 4.74 Å². The Morgan fingerprint density at radius 2 is 1.52 bits per heavy atom. The molecule has 0 saturated carbocycles. The summed E-state index contributed by atoms with van der Waals surface area (Å²) in [6, 6.07) is 23.1. The van der Waals surface area contributed by atoms with Gasteiger partial charge in [0.05, 0.1) is 5.52 Å². The summed E-state index contributed by atoms with van der Waals surface area (Å²) in [5.41, 5.74) is 2.05. The van der Waals surface area contributed by atoms with Gasteiger partial charge in [-0.3, -0.25) is 15.2 Å². The van der Waals surface area contributed by atoms with Gasteiger partial charge in [0, 0.05) is 22.8 Å². The fourth-order valence-corrected chi connectivity index (χ4v) is 2.98. The number of ether oxygens (including phenoxy) is 1. The number of carbonyl (C=O) groups excluding carboxylic acids is 2. The van der Waals surface area contributed by atoms with Gasteiger partial charge in [-0.2, -0.15) is 5.10 Å². The van der Waals surface area contributed by atoms with Crippen LogP contribution in [0, 0.1) is 0 Å². The number of H-pyrrole nitrogens is 1. The van der Waals surface area contributed by atoms with E-state index >= 15 is 0 Å². The van der Waals surface area contributed by atoms with E-state index in [1.165, 1.54) is 0 Å². The van der Waals surface area contributed by atoms with Crippen LogP contribution < -0.4 is 20.7 Å². The van der Waals surface area contributed by atoms with Crippen LogP contribution in [0.15, 0.2) is 78.9 Å². The minimum atomic E-state index is -0.699. The van der Waals surface area contributed by atoms with Crippen molar-refractivity contribution in [3.05, 3.63) is 78.9 Å². The normalized spacial score (nSPS) is 11.5. The Balaban J connectivity index is 1.40. The van der Waals surface area contributed by atoms with E-state index in [9.17, 15) is 9.59 Å². The second-order valence-corrected chi connectivity index (χ2v) is 6.84. The van der Waals surface area contributed by atoms with E-state index in [2.05, 4.69) is 26.1 Å². The van der Waals surface area contributed by atoms with Crippen LogP contribution in [0.3, 0.4) is 0 Å². The monoisotopic (exact) mass is 415 g/mol. The largest absolute Gasteiger partial charge is 0.481 e. The van der Waals surface area contributed by atoms with Crippen LogP contribution in [-0.2, 0) is 4.79 Å². The van der Waals surface area contributed by atoms with Gasteiger partial charge in [-0.15, -0.1) is 0 Å². The lowest BCUT2D eigenvalue weighted by Crippen LogP contribution is -2.30. The van der Waals surface area contributed by atoms with Crippen LogP contribution in [0.25, 0.3) is 10.9 Å². The predicted molar refractivity (Wildman–Crippen MR) is 120 cm³/mol. The zero-order valence-corrected chi connectivity index (χ0v) is 16.8. The molecule has 0 fully saturated rings. The van der Waals surface area contributed by atoms with Crippen molar-refractivity contribution in [1.29, 1.82) is 0 Å². The van der Waals surface area contributed by atoms with Gasteiger partial charge < -0.3 is 15.4 Å². The van der Waals surface area contributed by atoms with Gasteiger partial charge in [0.15, 0.2) is 11.9 Å². The maximum absolute atomic E-state index is 12.3. The van der Waals surface area contributed by atoms with Crippen LogP contribution in [-0.4, -0.2) is 28.2 Å². The van der Waals surface area contributed by atoms with Crippen molar-refractivity contribution in [3.63, 3.8) is 0 Å². The molecule has 1 aromatic heterocycles. The Bertz CT molecular complexity index is 1190. The molecule has 0 spiro atoms. The molecule has 0 aliphatic heterocycles. The molecule has 156 valence electrons. The summed E-state index contributed by atoms with van der Waals surface area (Å²) in [6.07, 6.45) is -0.699. The first-order valence-corrected chi connectivity index (χ1v) is 9.72. The molecule has 31 heavy (non-hydrogen) atoms. The molecule has 0 radical (unpaired) electrons. The minimum Gasteiger partial charge on any atom is -0.481 e. The van der Waals surface area contributed by atoms with Gasteiger partial charge >= 0.3 is 6.03 Å². The predicted octanol–water partition coefficient (Wildman–Crippen LogP) is 4.61. The van der Waals surface area contributed by atoms with Crippen LogP contribution in [0.2, 0.25) is 0 Å². The van der Waals surface area contributed by atoms with Gasteiger partial charge in [-0.05, 0) is 43.3 Å². The first-order valence-electron chi connectivity index (χ1n) is 9.72. The summed E-state index contributed by atoms with van der Waals surface area (Å²) < 4.78 is 5.77. The molecule has 1 heterocycles. The zero-order chi connectivity index (χ0) is 21.6. The van der Waals surface area contributed by atoms with Crippen molar-refractivity contribution >= 4 is 40.0 Å². The average Bonchev–Trinajstić information content (AvgIpc) is 3.17. The third kappa shape index (κ3) is 4.99. The summed E-state index contributed by atoms with van der Waals surface area (Å²) in [5.74, 6) is 0.646. The molecule has 8 heteroatoms. The maximum atomic E-state index is 12.3. The molecule has 0 bridgehead atoms. The first-order chi connectivity index (χ1) is 15.1. The van der Waals surface area contributed by atoms with Crippen molar-refractivity contribution in [2.75, 3.05) is 16.0 Å². The zero-order valence-electron chi connectivity index (χ0n) is 16.8. The van der Waals surface area contributed by atoms with Crippen molar-refractivity contribution in [2.24, 2.45) is 0 Å². The lowest BCUT2D eigenvalue weighted by Gasteiger charge is -2.14. The fourth-order valence-electron chi connectivity index (χ4n) is 2.98. The van der Waals surface area contributed by atoms with E-state index in [1.54, 1.807) is 37.3 Å². The molecule has 4 aromatic rings. The Hall–Kier alpha value is -4.33. The third-order valence-electron chi connectivity index (χ3n) is 4.52. The number of para-hydroxylation sites is 2. The number of rotatable bonds is 6. The van der Waals surface area contributed by atoms with Crippen molar-refractivity contribution in [2.45, 2.75) is 13.0 Å². The number of hydrogen-bond donors (Lipinski definition) is 4. The number of benzene rings is 3. The van der Waals surface area contributed by atoms with Crippen molar-refractivity contribution < 1.29 is 14.3 Å². The summed E-state index contributed by atoms with van der Waals surface area (Å²) in [5, 5.41) is 16.0. The summed E-state index contributed by atoms with van der Waals surface area (Å²) in [4.78, 5) is 24.6. The summed E-state index contributed by atoms with van der Waals surface area (Å²) >= 11 is 0. The van der Waals surface area contributed by atoms with Crippen molar-refractivity contribution in [1.82, 2.24) is 10.2 Å². The SMILES string of the molecule is CC(Oc1ccc2c(NC(=O)Nc3ccccc3)n[nH]c2c1)C(=O)Nc1ccccc1. The second kappa shape index (κ2) is 9.00. The minimum absolute atomic E-state index is 0.254. The third-order valence-corrected chi connectivity index (χ3v) is 4.52. The molecular weight excluding hydrogens is 394 g/mol. The number of urea groups is 1. The molecule has 1 unspecified atom stereocenters. The first kappa shape index (κ1) is 20.0. The molecule has 8 nitrogen and oxygen atoms in total. The molecule has 3 amide bonds. The lowest BCUT2D eigenvalue weighted by molar-refractivity contribution is -0.122. The molecular formula is C23H21N5O3. The van der Waals surface area contributed by atoms with Crippen LogP contribution >= 0.6 is 0 Å². The Morgan fingerprint density at radius 1 is 0.871 bits per heavy atom. The molecule has 1 atom stereocenters. The van der Waals surface area contributed by atoms with E-state index < -0.39 is 12.1 Å². The lowest BCUT2D eigenvalue weighted by atomic mass is 10.2. The smallest absolute Gasteiger partial charge is 0.324 e. The number of aromatic nitrogens is 2. The fraction of sp³-hybridized carbons (Fsp3) is 0.0870.